The van der Waals surface area contributed by atoms with Crippen LogP contribution in [-0.4, -0.2) is 42.8 Å². The number of piperidine rings is 1. The van der Waals surface area contributed by atoms with E-state index in [9.17, 15) is 0 Å². The highest BCUT2D eigenvalue weighted by Gasteiger charge is 2.11. The topological polar surface area (TPSA) is 36.5 Å². The number of benzene rings is 1. The van der Waals surface area contributed by atoms with Crippen molar-refractivity contribution < 1.29 is 4.74 Å². The van der Waals surface area contributed by atoms with Gasteiger partial charge in [0.05, 0.1) is 6.61 Å². The molecule has 2 heterocycles. The summed E-state index contributed by atoms with van der Waals surface area (Å²) in [5.41, 5.74) is 1.33. The van der Waals surface area contributed by atoms with Crippen molar-refractivity contribution in [2.24, 2.45) is 0 Å². The molecule has 0 amide bonds. The van der Waals surface area contributed by atoms with Crippen molar-refractivity contribution in [1.29, 1.82) is 0 Å². The Morgan fingerprint density at radius 3 is 2.66 bits per heavy atom. The zero-order valence-corrected chi connectivity index (χ0v) is 18.8. The Bertz CT molecular complexity index is 714. The van der Waals surface area contributed by atoms with E-state index in [4.69, 9.17) is 17.0 Å². The minimum Gasteiger partial charge on any atom is -0.493 e. The van der Waals surface area contributed by atoms with Crippen molar-refractivity contribution in [3.8, 4) is 5.75 Å². The van der Waals surface area contributed by atoms with Crippen LogP contribution in [0.4, 0.5) is 0 Å². The molecule has 3 rings (SSSR count). The van der Waals surface area contributed by atoms with Gasteiger partial charge < -0.3 is 15.4 Å². The predicted molar refractivity (Wildman–Crippen MR) is 127 cm³/mol. The van der Waals surface area contributed by atoms with Crippen molar-refractivity contribution in [1.82, 2.24) is 15.5 Å². The molecule has 29 heavy (non-hydrogen) atoms. The predicted octanol–water partition coefficient (Wildman–Crippen LogP) is 4.60. The molecule has 1 aliphatic rings. The summed E-state index contributed by atoms with van der Waals surface area (Å²) in [6, 6.07) is 12.7. The van der Waals surface area contributed by atoms with E-state index in [0.29, 0.717) is 0 Å². The maximum atomic E-state index is 5.91. The van der Waals surface area contributed by atoms with Crippen LogP contribution in [0.1, 0.15) is 42.5 Å². The molecule has 1 saturated heterocycles. The van der Waals surface area contributed by atoms with E-state index in [1.165, 1.54) is 42.8 Å². The molecule has 6 heteroatoms. The lowest BCUT2D eigenvalue weighted by Gasteiger charge is -2.25. The van der Waals surface area contributed by atoms with Gasteiger partial charge in [-0.1, -0.05) is 36.8 Å². The molecule has 0 aliphatic carbocycles. The van der Waals surface area contributed by atoms with Crippen molar-refractivity contribution in [3.63, 3.8) is 0 Å². The van der Waals surface area contributed by atoms with Crippen LogP contribution in [0.25, 0.3) is 0 Å². The summed E-state index contributed by atoms with van der Waals surface area (Å²) in [6.07, 6.45) is 7.13. The number of nitrogens with zero attached hydrogens (tertiary/aromatic N) is 1. The Hall–Kier alpha value is -1.63. The second kappa shape index (κ2) is 12.8. The first-order valence-corrected chi connectivity index (χ1v) is 12.1. The maximum absolute atomic E-state index is 5.91. The quantitative estimate of drug-likeness (QED) is 0.402. The van der Waals surface area contributed by atoms with Gasteiger partial charge in [0.1, 0.15) is 5.75 Å². The molecule has 1 aromatic heterocycles. The van der Waals surface area contributed by atoms with Gasteiger partial charge in [0.2, 0.25) is 0 Å². The Labute approximate surface area is 184 Å². The normalized spacial score (nSPS) is 14.5. The summed E-state index contributed by atoms with van der Waals surface area (Å²) in [5.74, 6) is 1.02. The van der Waals surface area contributed by atoms with Gasteiger partial charge in [-0.15, -0.1) is 11.3 Å². The van der Waals surface area contributed by atoms with Gasteiger partial charge in [-0.25, -0.2) is 0 Å². The highest BCUT2D eigenvalue weighted by atomic mass is 32.1. The van der Waals surface area contributed by atoms with Gasteiger partial charge >= 0.3 is 0 Å². The zero-order chi connectivity index (χ0) is 20.2. The highest BCUT2D eigenvalue weighted by molar-refractivity contribution is 7.80. The van der Waals surface area contributed by atoms with E-state index < -0.39 is 0 Å². The third-order valence-corrected chi connectivity index (χ3v) is 6.31. The Balaban J connectivity index is 1.19. The number of likely N-dealkylation sites (tertiary alicyclic amines) is 1. The van der Waals surface area contributed by atoms with Crippen LogP contribution in [0.3, 0.4) is 0 Å². The SMILES string of the molecule is S=C(NCCCCOc1csc(CN2CCCCC2)c1)NCCc1ccccc1. The van der Waals surface area contributed by atoms with Crippen molar-refractivity contribution in [2.45, 2.75) is 45.1 Å². The van der Waals surface area contributed by atoms with Gasteiger partial charge in [-0.05, 0) is 69.0 Å². The summed E-state index contributed by atoms with van der Waals surface area (Å²) >= 11 is 7.15. The van der Waals surface area contributed by atoms with Crippen LogP contribution in [0.5, 0.6) is 5.75 Å². The van der Waals surface area contributed by atoms with Gasteiger partial charge in [-0.2, -0.15) is 0 Å². The number of thiophene rings is 1. The summed E-state index contributed by atoms with van der Waals surface area (Å²) < 4.78 is 5.91. The van der Waals surface area contributed by atoms with Crippen molar-refractivity contribution >= 4 is 28.7 Å². The van der Waals surface area contributed by atoms with E-state index in [-0.39, 0.29) is 0 Å². The molecule has 0 bridgehead atoms. The third kappa shape index (κ3) is 8.72. The lowest BCUT2D eigenvalue weighted by molar-refractivity contribution is 0.222. The molecule has 1 fully saturated rings. The fraction of sp³-hybridized carbons (Fsp3) is 0.522. The molecule has 2 aromatic rings. The molecule has 1 aliphatic heterocycles. The molecular formula is C23H33N3OS2. The van der Waals surface area contributed by atoms with Gasteiger partial charge in [-0.3, -0.25) is 4.90 Å². The summed E-state index contributed by atoms with van der Waals surface area (Å²) in [6.45, 7) is 6.05. The summed E-state index contributed by atoms with van der Waals surface area (Å²) in [5, 5.41) is 9.43. The Morgan fingerprint density at radius 2 is 1.83 bits per heavy atom. The standard InChI is InChI=1S/C23H33N3OS2/c28-23(25-13-11-20-9-3-1-4-10-20)24-12-5-8-16-27-21-17-22(29-19-21)18-26-14-6-2-7-15-26/h1,3-4,9-10,17,19H,2,5-8,11-16,18H2,(H2,24,25,28). The van der Waals surface area contributed by atoms with Crippen LogP contribution in [-0.2, 0) is 13.0 Å². The van der Waals surface area contributed by atoms with Crippen LogP contribution < -0.4 is 15.4 Å². The number of unbranched alkanes of at least 4 members (excludes halogenated alkanes) is 1. The third-order valence-electron chi connectivity index (χ3n) is 5.13. The fourth-order valence-corrected chi connectivity index (χ4v) is 4.55. The molecule has 0 radical (unpaired) electrons. The second-order valence-electron chi connectivity index (χ2n) is 7.56. The first-order chi connectivity index (χ1) is 14.3. The van der Waals surface area contributed by atoms with E-state index in [1.54, 1.807) is 0 Å². The van der Waals surface area contributed by atoms with Crippen LogP contribution in [0.15, 0.2) is 41.8 Å². The smallest absolute Gasteiger partial charge is 0.166 e. The van der Waals surface area contributed by atoms with Gasteiger partial charge in [0.15, 0.2) is 5.11 Å². The molecule has 0 saturated carbocycles. The van der Waals surface area contributed by atoms with Gasteiger partial charge in [0.25, 0.3) is 0 Å². The molecule has 0 atom stereocenters. The number of nitrogens with one attached hydrogen (secondary N) is 2. The van der Waals surface area contributed by atoms with E-state index in [1.807, 2.05) is 17.4 Å². The molecule has 0 spiro atoms. The van der Waals surface area contributed by atoms with Crippen LogP contribution >= 0.6 is 23.6 Å². The van der Waals surface area contributed by atoms with E-state index in [0.717, 1.165) is 56.4 Å². The number of hydrogen-bond acceptors (Lipinski definition) is 4. The van der Waals surface area contributed by atoms with Crippen LogP contribution in [0, 0.1) is 0 Å². The molecule has 4 nitrogen and oxygen atoms in total. The summed E-state index contributed by atoms with van der Waals surface area (Å²) in [4.78, 5) is 3.97. The zero-order valence-electron chi connectivity index (χ0n) is 17.2. The largest absolute Gasteiger partial charge is 0.493 e. The minimum atomic E-state index is 0.738. The van der Waals surface area contributed by atoms with Crippen LogP contribution in [0.2, 0.25) is 0 Å². The summed E-state index contributed by atoms with van der Waals surface area (Å²) in [7, 11) is 0. The molecule has 1 aromatic carbocycles. The highest BCUT2D eigenvalue weighted by Crippen LogP contribution is 2.24. The minimum absolute atomic E-state index is 0.738. The fourth-order valence-electron chi connectivity index (χ4n) is 3.50. The second-order valence-corrected chi connectivity index (χ2v) is 8.96. The number of rotatable bonds is 11. The number of ether oxygens (including phenoxy) is 1. The van der Waals surface area contributed by atoms with Gasteiger partial charge in [0, 0.05) is 29.9 Å². The van der Waals surface area contributed by atoms with Crippen molar-refractivity contribution in [2.75, 3.05) is 32.8 Å². The monoisotopic (exact) mass is 431 g/mol. The number of hydrogen-bond donors (Lipinski definition) is 2. The molecule has 2 N–H and O–H groups in total. The molecule has 0 unspecified atom stereocenters. The molecular weight excluding hydrogens is 398 g/mol. The average Bonchev–Trinajstić information content (AvgIpc) is 3.19. The van der Waals surface area contributed by atoms with E-state index in [2.05, 4.69) is 51.2 Å². The van der Waals surface area contributed by atoms with E-state index >= 15 is 0 Å². The average molecular weight is 432 g/mol. The first kappa shape index (κ1) is 22.1. The maximum Gasteiger partial charge on any atom is 0.166 e. The molecule has 158 valence electrons. The Kier molecular flexibility index (Phi) is 9.76. The Morgan fingerprint density at radius 1 is 1.03 bits per heavy atom. The lowest BCUT2D eigenvalue weighted by atomic mass is 10.1. The van der Waals surface area contributed by atoms with Crippen molar-refractivity contribution in [3.05, 3.63) is 52.2 Å². The number of thiocarbonyl (C=S) groups is 1. The lowest BCUT2D eigenvalue weighted by Crippen LogP contribution is -2.36. The first-order valence-electron chi connectivity index (χ1n) is 10.8.